The van der Waals surface area contributed by atoms with Gasteiger partial charge in [-0.15, -0.1) is 0 Å². The van der Waals surface area contributed by atoms with Gasteiger partial charge in [0, 0.05) is 23.2 Å². The Morgan fingerprint density at radius 1 is 0.629 bits per heavy atom. The molecule has 0 saturated heterocycles. The first-order valence-electron chi connectivity index (χ1n) is 12.0. The maximum absolute atomic E-state index is 5.03. The molecule has 0 bridgehead atoms. The van der Waals surface area contributed by atoms with Crippen molar-refractivity contribution in [3.63, 3.8) is 0 Å². The Kier molecular flexibility index (Phi) is 3.11. The molecule has 4 aromatic heterocycles. The standard InChI is InChI=1S/C31H18N4/c1-2-5-19-17(4-1)12-24-20(19)7-8-21-23-15-26-22-9-11-32-16-29(22)35-30(27(26)14-18(23)13-25(21)24)34-28-6-3-10-33-31(28)35/h1-11,14-16H,12-13H2. The van der Waals surface area contributed by atoms with Crippen LogP contribution < -0.4 is 0 Å². The fourth-order valence-electron chi connectivity index (χ4n) is 6.48. The van der Waals surface area contributed by atoms with Crippen LogP contribution in [0.3, 0.4) is 0 Å². The monoisotopic (exact) mass is 446 g/mol. The van der Waals surface area contributed by atoms with Crippen molar-refractivity contribution < 1.29 is 0 Å². The second-order valence-electron chi connectivity index (χ2n) is 9.69. The Balaban J connectivity index is 1.38. The molecule has 4 heterocycles. The molecular weight excluding hydrogens is 428 g/mol. The van der Waals surface area contributed by atoms with Gasteiger partial charge in [0.05, 0.1) is 11.7 Å². The summed E-state index contributed by atoms with van der Waals surface area (Å²) in [7, 11) is 0. The third kappa shape index (κ3) is 2.15. The number of pyridine rings is 3. The summed E-state index contributed by atoms with van der Waals surface area (Å²) >= 11 is 0. The van der Waals surface area contributed by atoms with Crippen molar-refractivity contribution in [3.8, 4) is 22.3 Å². The lowest BCUT2D eigenvalue weighted by Crippen LogP contribution is -1.94. The predicted molar refractivity (Wildman–Crippen MR) is 140 cm³/mol. The van der Waals surface area contributed by atoms with Gasteiger partial charge in [-0.3, -0.25) is 9.38 Å². The van der Waals surface area contributed by atoms with E-state index in [1.165, 1.54) is 60.7 Å². The highest BCUT2D eigenvalue weighted by Gasteiger charge is 2.28. The zero-order chi connectivity index (χ0) is 22.7. The number of aromatic nitrogens is 4. The van der Waals surface area contributed by atoms with Gasteiger partial charge in [0.1, 0.15) is 11.2 Å². The molecule has 0 N–H and O–H groups in total. The average Bonchev–Trinajstić information content (AvgIpc) is 3.59. The van der Waals surface area contributed by atoms with E-state index in [0.717, 1.165) is 35.2 Å². The first-order chi connectivity index (χ1) is 17.3. The minimum absolute atomic E-state index is 0.877. The van der Waals surface area contributed by atoms with Crippen molar-refractivity contribution in [1.29, 1.82) is 0 Å². The summed E-state index contributed by atoms with van der Waals surface area (Å²) in [5, 5.41) is 3.58. The number of nitrogens with zero attached hydrogens (tertiary/aromatic N) is 4. The van der Waals surface area contributed by atoms with E-state index >= 15 is 0 Å². The number of hydrogen-bond donors (Lipinski definition) is 0. The van der Waals surface area contributed by atoms with Gasteiger partial charge in [-0.25, -0.2) is 9.97 Å². The first kappa shape index (κ1) is 17.8. The van der Waals surface area contributed by atoms with Crippen LogP contribution in [0.25, 0.3) is 60.7 Å². The van der Waals surface area contributed by atoms with Gasteiger partial charge in [0.15, 0.2) is 5.65 Å². The molecule has 0 aliphatic heterocycles. The number of hydrogen-bond acceptors (Lipinski definition) is 3. The summed E-state index contributed by atoms with van der Waals surface area (Å²) < 4.78 is 2.17. The van der Waals surface area contributed by atoms with Crippen LogP contribution in [0.5, 0.6) is 0 Å². The SMILES string of the molecule is c1ccc2c(c1)Cc1c-2ccc2c1Cc1cc3c(cc1-2)c1ccncc1n1c2ncccc2nc31. The molecular formula is C31H18N4. The van der Waals surface area contributed by atoms with Gasteiger partial charge in [0.25, 0.3) is 0 Å². The van der Waals surface area contributed by atoms with Crippen LogP contribution in [0.2, 0.25) is 0 Å². The van der Waals surface area contributed by atoms with Crippen molar-refractivity contribution in [1.82, 2.24) is 19.4 Å². The highest BCUT2D eigenvalue weighted by molar-refractivity contribution is 6.15. The summed E-state index contributed by atoms with van der Waals surface area (Å²) in [5.41, 5.74) is 15.1. The molecule has 35 heavy (non-hydrogen) atoms. The Morgan fingerprint density at radius 2 is 1.49 bits per heavy atom. The zero-order valence-electron chi connectivity index (χ0n) is 18.8. The van der Waals surface area contributed by atoms with Crippen LogP contribution in [-0.4, -0.2) is 19.4 Å². The third-order valence-corrected chi connectivity index (χ3v) is 7.99. The molecule has 0 unspecified atom stereocenters. The fourth-order valence-corrected chi connectivity index (χ4v) is 6.48. The Morgan fingerprint density at radius 3 is 2.43 bits per heavy atom. The van der Waals surface area contributed by atoms with Gasteiger partial charge in [-0.1, -0.05) is 36.4 Å². The summed E-state index contributed by atoms with van der Waals surface area (Å²) in [6, 6.07) is 24.4. The van der Waals surface area contributed by atoms with Crippen molar-refractivity contribution in [2.24, 2.45) is 0 Å². The van der Waals surface area contributed by atoms with Gasteiger partial charge in [-0.2, -0.15) is 0 Å². The lowest BCUT2D eigenvalue weighted by molar-refractivity contribution is 1.16. The van der Waals surface area contributed by atoms with E-state index in [0.29, 0.717) is 0 Å². The van der Waals surface area contributed by atoms with E-state index in [4.69, 9.17) is 4.98 Å². The summed E-state index contributed by atoms with van der Waals surface area (Å²) in [4.78, 5) is 14.1. The highest BCUT2D eigenvalue weighted by atomic mass is 15.1. The first-order valence-corrected chi connectivity index (χ1v) is 12.0. The molecule has 9 rings (SSSR count). The molecule has 2 aliphatic rings. The maximum atomic E-state index is 5.03. The summed E-state index contributed by atoms with van der Waals surface area (Å²) in [6.45, 7) is 0. The van der Waals surface area contributed by atoms with Crippen molar-refractivity contribution in [2.75, 3.05) is 0 Å². The molecule has 0 fully saturated rings. The van der Waals surface area contributed by atoms with E-state index in [1.807, 2.05) is 30.7 Å². The molecule has 2 aliphatic carbocycles. The smallest absolute Gasteiger partial charge is 0.165 e. The van der Waals surface area contributed by atoms with Gasteiger partial charge in [0.2, 0.25) is 0 Å². The van der Waals surface area contributed by atoms with Gasteiger partial charge in [-0.05, 0) is 93.1 Å². The summed E-state index contributed by atoms with van der Waals surface area (Å²) in [6.07, 6.45) is 7.64. The van der Waals surface area contributed by atoms with E-state index in [1.54, 1.807) is 0 Å². The van der Waals surface area contributed by atoms with Gasteiger partial charge >= 0.3 is 0 Å². The van der Waals surface area contributed by atoms with Crippen molar-refractivity contribution in [2.45, 2.75) is 12.8 Å². The number of fused-ring (bicyclic) bond motifs is 15. The second kappa shape index (κ2) is 6.10. The number of rotatable bonds is 0. The van der Waals surface area contributed by atoms with Crippen LogP contribution in [0.4, 0.5) is 0 Å². The van der Waals surface area contributed by atoms with Crippen molar-refractivity contribution >= 4 is 38.5 Å². The minimum Gasteiger partial charge on any atom is -0.274 e. The van der Waals surface area contributed by atoms with E-state index < -0.39 is 0 Å². The van der Waals surface area contributed by atoms with Crippen LogP contribution >= 0.6 is 0 Å². The largest absolute Gasteiger partial charge is 0.274 e. The molecule has 0 atom stereocenters. The van der Waals surface area contributed by atoms with Crippen LogP contribution in [-0.2, 0) is 12.8 Å². The Bertz CT molecular complexity index is 2070. The van der Waals surface area contributed by atoms with Crippen molar-refractivity contribution in [3.05, 3.63) is 108 Å². The third-order valence-electron chi connectivity index (χ3n) is 7.99. The molecule has 0 spiro atoms. The topological polar surface area (TPSA) is 43.1 Å². The summed E-state index contributed by atoms with van der Waals surface area (Å²) in [5.74, 6) is 0. The second-order valence-corrected chi connectivity index (χ2v) is 9.69. The fraction of sp³-hybridized carbons (Fsp3) is 0.0645. The molecule has 0 saturated carbocycles. The number of imidazole rings is 1. The van der Waals surface area contributed by atoms with E-state index in [2.05, 4.69) is 69.0 Å². The van der Waals surface area contributed by atoms with Crippen LogP contribution in [0.1, 0.15) is 22.3 Å². The van der Waals surface area contributed by atoms with Crippen LogP contribution in [0, 0.1) is 0 Å². The lowest BCUT2D eigenvalue weighted by Gasteiger charge is -2.11. The Labute approximate surface area is 200 Å². The highest BCUT2D eigenvalue weighted by Crippen LogP contribution is 2.48. The quantitative estimate of drug-likeness (QED) is 0.243. The molecule has 7 aromatic rings. The zero-order valence-corrected chi connectivity index (χ0v) is 18.8. The maximum Gasteiger partial charge on any atom is 0.165 e. The van der Waals surface area contributed by atoms with E-state index in [9.17, 15) is 0 Å². The average molecular weight is 447 g/mol. The molecule has 3 aromatic carbocycles. The molecule has 4 heteroatoms. The Hall–Kier alpha value is -4.57. The minimum atomic E-state index is 0.877. The lowest BCUT2D eigenvalue weighted by atomic mass is 9.96. The van der Waals surface area contributed by atoms with Crippen LogP contribution in [0.15, 0.2) is 85.3 Å². The predicted octanol–water partition coefficient (Wildman–Crippen LogP) is 6.73. The molecule has 0 radical (unpaired) electrons. The molecule has 0 amide bonds. The molecule has 4 nitrogen and oxygen atoms in total. The normalized spacial score (nSPS) is 13.5. The van der Waals surface area contributed by atoms with E-state index in [-0.39, 0.29) is 0 Å². The number of benzene rings is 3. The van der Waals surface area contributed by atoms with Gasteiger partial charge < -0.3 is 0 Å². The molecule has 162 valence electrons.